The fourth-order valence-corrected chi connectivity index (χ4v) is 2.67. The summed E-state index contributed by atoms with van der Waals surface area (Å²) in [5.74, 6) is 0.583. The molecule has 0 radical (unpaired) electrons. The molecule has 4 N–H and O–H groups in total. The Morgan fingerprint density at radius 3 is 2.75 bits per heavy atom. The fourth-order valence-electron chi connectivity index (χ4n) is 2.19. The van der Waals surface area contributed by atoms with Gasteiger partial charge >= 0.3 is 0 Å². The van der Waals surface area contributed by atoms with Crippen molar-refractivity contribution < 1.29 is 14.1 Å². The molecule has 0 saturated heterocycles. The van der Waals surface area contributed by atoms with Gasteiger partial charge in [0.25, 0.3) is 11.8 Å². The number of nitrogens with one attached hydrogen (secondary N) is 2. The summed E-state index contributed by atoms with van der Waals surface area (Å²) in [6, 6.07) is 6.60. The van der Waals surface area contributed by atoms with Gasteiger partial charge in [0.1, 0.15) is 5.76 Å². The maximum Gasteiger partial charge on any atom is 0.277 e. The standard InChI is InChI=1S/C16H17BrN4O3/c17-11-7-10(15(22)19-6-5-18)3-4-12(11)20-16(23)13-8-14(24-21-13)9-1-2-9/h3-4,7-9H,1-2,5-6,18H2,(H,19,22)(H,20,23). The molecule has 1 fully saturated rings. The maximum atomic E-state index is 12.2. The Balaban J connectivity index is 1.67. The van der Waals surface area contributed by atoms with Gasteiger partial charge in [-0.05, 0) is 47.0 Å². The molecule has 2 amide bonds. The van der Waals surface area contributed by atoms with Gasteiger partial charge in [-0.1, -0.05) is 5.16 Å². The van der Waals surface area contributed by atoms with E-state index in [0.717, 1.165) is 18.6 Å². The van der Waals surface area contributed by atoms with Crippen molar-refractivity contribution in [3.63, 3.8) is 0 Å². The molecule has 1 aliphatic rings. The highest BCUT2D eigenvalue weighted by Crippen LogP contribution is 2.40. The number of halogens is 1. The molecular weight excluding hydrogens is 376 g/mol. The van der Waals surface area contributed by atoms with Crippen molar-refractivity contribution in [3.8, 4) is 0 Å². The van der Waals surface area contributed by atoms with Crippen LogP contribution < -0.4 is 16.4 Å². The summed E-state index contributed by atoms with van der Waals surface area (Å²) in [5, 5.41) is 9.24. The van der Waals surface area contributed by atoms with Gasteiger partial charge in [-0.25, -0.2) is 0 Å². The van der Waals surface area contributed by atoms with E-state index < -0.39 is 0 Å². The van der Waals surface area contributed by atoms with Crippen molar-refractivity contribution >= 4 is 33.4 Å². The maximum absolute atomic E-state index is 12.2. The quantitative estimate of drug-likeness (QED) is 0.697. The van der Waals surface area contributed by atoms with E-state index in [1.54, 1.807) is 24.3 Å². The first-order valence-corrected chi connectivity index (χ1v) is 8.43. The van der Waals surface area contributed by atoms with Crippen molar-refractivity contribution in [2.75, 3.05) is 18.4 Å². The topological polar surface area (TPSA) is 110 Å². The van der Waals surface area contributed by atoms with Gasteiger partial charge in [0.15, 0.2) is 5.69 Å². The summed E-state index contributed by atoms with van der Waals surface area (Å²) in [7, 11) is 0. The van der Waals surface area contributed by atoms with Crippen LogP contribution in [0.25, 0.3) is 0 Å². The van der Waals surface area contributed by atoms with E-state index in [2.05, 4.69) is 31.7 Å². The van der Waals surface area contributed by atoms with Gasteiger partial charge in [-0.15, -0.1) is 0 Å². The van der Waals surface area contributed by atoms with Crippen molar-refractivity contribution in [2.24, 2.45) is 5.73 Å². The summed E-state index contributed by atoms with van der Waals surface area (Å²) in [5.41, 5.74) is 6.63. The van der Waals surface area contributed by atoms with E-state index in [-0.39, 0.29) is 17.5 Å². The second kappa shape index (κ2) is 7.14. The Morgan fingerprint density at radius 2 is 2.08 bits per heavy atom. The van der Waals surface area contributed by atoms with E-state index in [0.29, 0.717) is 34.7 Å². The molecule has 0 aliphatic heterocycles. The number of rotatable bonds is 6. The summed E-state index contributed by atoms with van der Waals surface area (Å²) >= 11 is 3.36. The van der Waals surface area contributed by atoms with Crippen molar-refractivity contribution in [1.82, 2.24) is 10.5 Å². The molecule has 0 unspecified atom stereocenters. The van der Waals surface area contributed by atoms with E-state index in [1.165, 1.54) is 0 Å². The highest BCUT2D eigenvalue weighted by atomic mass is 79.9. The number of anilines is 1. The Morgan fingerprint density at radius 1 is 1.29 bits per heavy atom. The number of amides is 2. The molecule has 1 aromatic carbocycles. The minimum absolute atomic E-state index is 0.218. The van der Waals surface area contributed by atoms with Gasteiger partial charge in [0.05, 0.1) is 5.69 Å². The van der Waals surface area contributed by atoms with Crippen LogP contribution in [-0.2, 0) is 0 Å². The van der Waals surface area contributed by atoms with E-state index in [4.69, 9.17) is 10.3 Å². The second-order valence-electron chi connectivity index (χ2n) is 5.58. The van der Waals surface area contributed by atoms with Gasteiger partial charge < -0.3 is 20.9 Å². The first-order chi connectivity index (χ1) is 11.6. The van der Waals surface area contributed by atoms with Gasteiger partial charge in [-0.3, -0.25) is 9.59 Å². The Kier molecular flexibility index (Phi) is 4.96. The molecule has 2 aromatic rings. The van der Waals surface area contributed by atoms with Crippen LogP contribution >= 0.6 is 15.9 Å². The summed E-state index contributed by atoms with van der Waals surface area (Å²) < 4.78 is 5.78. The number of carbonyl (C=O) groups excluding carboxylic acids is 2. The third kappa shape index (κ3) is 3.82. The molecule has 0 spiro atoms. The molecule has 0 atom stereocenters. The first kappa shape index (κ1) is 16.7. The highest BCUT2D eigenvalue weighted by molar-refractivity contribution is 9.10. The van der Waals surface area contributed by atoms with Crippen LogP contribution in [0, 0.1) is 0 Å². The molecule has 24 heavy (non-hydrogen) atoms. The Bertz CT molecular complexity index is 770. The lowest BCUT2D eigenvalue weighted by molar-refractivity contribution is 0.0954. The molecule has 126 valence electrons. The van der Waals surface area contributed by atoms with Gasteiger partial charge in [-0.2, -0.15) is 0 Å². The lowest BCUT2D eigenvalue weighted by atomic mass is 10.2. The molecule has 1 saturated carbocycles. The number of benzene rings is 1. The zero-order valence-electron chi connectivity index (χ0n) is 12.8. The number of hydrogen-bond donors (Lipinski definition) is 3. The normalized spacial score (nSPS) is 13.6. The summed E-state index contributed by atoms with van der Waals surface area (Å²) in [6.45, 7) is 0.784. The first-order valence-electron chi connectivity index (χ1n) is 7.64. The van der Waals surface area contributed by atoms with Crippen molar-refractivity contribution in [3.05, 3.63) is 45.8 Å². The number of nitrogens with zero attached hydrogens (tertiary/aromatic N) is 1. The lowest BCUT2D eigenvalue weighted by Crippen LogP contribution is -2.29. The molecule has 1 aromatic heterocycles. The number of aromatic nitrogens is 1. The molecule has 0 bridgehead atoms. The van der Waals surface area contributed by atoms with Crippen LogP contribution in [0.3, 0.4) is 0 Å². The fraction of sp³-hybridized carbons (Fsp3) is 0.312. The third-order valence-electron chi connectivity index (χ3n) is 3.65. The monoisotopic (exact) mass is 392 g/mol. The van der Waals surface area contributed by atoms with E-state index >= 15 is 0 Å². The second-order valence-corrected chi connectivity index (χ2v) is 6.44. The zero-order valence-corrected chi connectivity index (χ0v) is 14.4. The average molecular weight is 393 g/mol. The average Bonchev–Trinajstić information content (AvgIpc) is 3.31. The third-order valence-corrected chi connectivity index (χ3v) is 4.31. The summed E-state index contributed by atoms with van der Waals surface area (Å²) in [4.78, 5) is 24.1. The summed E-state index contributed by atoms with van der Waals surface area (Å²) in [6.07, 6.45) is 2.16. The van der Waals surface area contributed by atoms with Crippen LogP contribution in [-0.4, -0.2) is 30.1 Å². The van der Waals surface area contributed by atoms with Crippen molar-refractivity contribution in [1.29, 1.82) is 0 Å². The van der Waals surface area contributed by atoms with Gasteiger partial charge in [0, 0.05) is 35.1 Å². The van der Waals surface area contributed by atoms with E-state index in [1.807, 2.05) is 0 Å². The highest BCUT2D eigenvalue weighted by Gasteiger charge is 2.29. The lowest BCUT2D eigenvalue weighted by Gasteiger charge is -2.08. The smallest absolute Gasteiger partial charge is 0.277 e. The molecule has 1 heterocycles. The Hall–Kier alpha value is -2.19. The number of carbonyl (C=O) groups is 2. The van der Waals surface area contributed by atoms with E-state index in [9.17, 15) is 9.59 Å². The molecular formula is C16H17BrN4O3. The number of nitrogens with two attached hydrogens (primary N) is 1. The predicted octanol–water partition coefficient (Wildman–Crippen LogP) is 2.26. The van der Waals surface area contributed by atoms with Crippen LogP contribution in [0.1, 0.15) is 45.4 Å². The molecule has 1 aliphatic carbocycles. The largest absolute Gasteiger partial charge is 0.360 e. The zero-order chi connectivity index (χ0) is 17.1. The van der Waals surface area contributed by atoms with Gasteiger partial charge in [0.2, 0.25) is 0 Å². The minimum Gasteiger partial charge on any atom is -0.360 e. The number of hydrogen-bond acceptors (Lipinski definition) is 5. The molecule has 3 rings (SSSR count). The van der Waals surface area contributed by atoms with Crippen LogP contribution in [0.5, 0.6) is 0 Å². The van der Waals surface area contributed by atoms with Crippen molar-refractivity contribution in [2.45, 2.75) is 18.8 Å². The minimum atomic E-state index is -0.355. The van der Waals surface area contributed by atoms with Crippen LogP contribution in [0.2, 0.25) is 0 Å². The van der Waals surface area contributed by atoms with Crippen LogP contribution in [0.4, 0.5) is 5.69 Å². The molecule has 8 heteroatoms. The Labute approximate surface area is 147 Å². The SMILES string of the molecule is NCCNC(=O)c1ccc(NC(=O)c2cc(C3CC3)on2)c(Br)c1. The predicted molar refractivity (Wildman–Crippen MR) is 92.0 cm³/mol. The molecule has 7 nitrogen and oxygen atoms in total. The van der Waals surface area contributed by atoms with Crippen LogP contribution in [0.15, 0.2) is 33.3 Å².